The van der Waals surface area contributed by atoms with E-state index >= 15 is 0 Å². The molecule has 3 heterocycles. The normalized spacial score (nSPS) is 14.1. The van der Waals surface area contributed by atoms with Crippen molar-refractivity contribution in [1.29, 1.82) is 0 Å². The number of fused-ring (bicyclic) bond motifs is 1. The van der Waals surface area contributed by atoms with Crippen molar-refractivity contribution in [1.82, 2.24) is 9.13 Å². The molecule has 9 nitrogen and oxygen atoms in total. The number of ether oxygens (including phenoxy) is 3. The van der Waals surface area contributed by atoms with E-state index < -0.39 is 12.0 Å². The zero-order valence-corrected chi connectivity index (χ0v) is 32.1. The molecule has 55 heavy (non-hydrogen) atoms. The molecule has 0 saturated carbocycles. The molecule has 6 aromatic rings. The number of thiazole rings is 1. The smallest absolute Gasteiger partial charge is 0.338 e. The van der Waals surface area contributed by atoms with Crippen LogP contribution in [0.25, 0.3) is 34.3 Å². The molecular formula is C45H41N3O6S. The number of hydrogen-bond acceptors (Lipinski definition) is 8. The summed E-state index contributed by atoms with van der Waals surface area (Å²) in [5.41, 5.74) is 6.83. The molecule has 1 atom stereocenters. The Morgan fingerprint density at radius 3 is 2.09 bits per heavy atom. The molecule has 0 fully saturated rings. The Morgan fingerprint density at radius 2 is 1.44 bits per heavy atom. The first-order chi connectivity index (χ1) is 26.7. The molecule has 0 N–H and O–H groups in total. The van der Waals surface area contributed by atoms with Crippen molar-refractivity contribution in [2.75, 3.05) is 13.2 Å². The van der Waals surface area contributed by atoms with Crippen LogP contribution in [-0.4, -0.2) is 40.4 Å². The van der Waals surface area contributed by atoms with Gasteiger partial charge in [-0.25, -0.2) is 14.6 Å². The highest BCUT2D eigenvalue weighted by atomic mass is 32.1. The van der Waals surface area contributed by atoms with Gasteiger partial charge in [0.25, 0.3) is 5.56 Å². The van der Waals surface area contributed by atoms with Crippen LogP contribution in [0.4, 0.5) is 0 Å². The fraction of sp³-hybridized carbons (Fsp3) is 0.200. The lowest BCUT2D eigenvalue weighted by Gasteiger charge is -2.26. The zero-order valence-electron chi connectivity index (χ0n) is 31.3. The molecule has 0 amide bonds. The minimum Gasteiger partial charge on any atom is -0.491 e. The minimum absolute atomic E-state index is 0.145. The van der Waals surface area contributed by atoms with Crippen molar-refractivity contribution in [2.24, 2.45) is 4.99 Å². The Labute approximate surface area is 323 Å². The van der Waals surface area contributed by atoms with Gasteiger partial charge in [-0.3, -0.25) is 9.36 Å². The average molecular weight is 752 g/mol. The molecule has 4 aromatic carbocycles. The van der Waals surface area contributed by atoms with E-state index in [4.69, 9.17) is 19.2 Å². The number of carbonyl (C=O) groups excluding carboxylic acids is 2. The molecule has 0 unspecified atom stereocenters. The van der Waals surface area contributed by atoms with Crippen LogP contribution in [0.1, 0.15) is 62.1 Å². The summed E-state index contributed by atoms with van der Waals surface area (Å²) < 4.78 is 21.2. The molecule has 1 aliphatic heterocycles. The topological polar surface area (TPSA) is 101 Å². The number of rotatable bonds is 11. The van der Waals surface area contributed by atoms with E-state index in [1.54, 1.807) is 37.5 Å². The summed E-state index contributed by atoms with van der Waals surface area (Å²) in [5, 5.41) is 0. The van der Waals surface area contributed by atoms with Crippen molar-refractivity contribution in [3.8, 4) is 34.0 Å². The lowest BCUT2D eigenvalue weighted by atomic mass is 9.95. The second-order valence-electron chi connectivity index (χ2n) is 13.2. The van der Waals surface area contributed by atoms with Gasteiger partial charge in [-0.2, -0.15) is 0 Å². The van der Waals surface area contributed by atoms with E-state index in [-0.39, 0.29) is 36.4 Å². The van der Waals surface area contributed by atoms with Crippen LogP contribution in [0.5, 0.6) is 5.75 Å². The molecule has 0 saturated heterocycles. The third kappa shape index (κ3) is 7.33. The average Bonchev–Trinajstić information content (AvgIpc) is 3.72. The van der Waals surface area contributed by atoms with Gasteiger partial charge < -0.3 is 18.8 Å². The van der Waals surface area contributed by atoms with Crippen LogP contribution >= 0.6 is 11.3 Å². The van der Waals surface area contributed by atoms with Crippen LogP contribution in [0.15, 0.2) is 136 Å². The number of esters is 2. The number of allylic oxidation sites excluding steroid dienone is 1. The number of carbonyl (C=O) groups is 2. The lowest BCUT2D eigenvalue weighted by Crippen LogP contribution is -2.40. The summed E-state index contributed by atoms with van der Waals surface area (Å²) >= 11 is 1.27. The standard InChI is InChI=1S/C45H41N3O6S/c1-6-52-43(50)32-22-24-34(25-23-32)47-36(30-16-10-8-11-17-30)26-33(40(47)31-18-12-9-13-19-31)27-38-42(49)48-41(35-20-14-15-21-37(35)54-28(3)4)39(44(51)53-7-2)29(5)46-45(48)55-38/h8-28,41H,6-7H2,1-5H3/b38-27-/t41-/m1/s1. The molecular weight excluding hydrogens is 711 g/mol. The van der Waals surface area contributed by atoms with E-state index in [9.17, 15) is 14.4 Å². The van der Waals surface area contributed by atoms with Crippen LogP contribution < -0.4 is 19.6 Å². The highest BCUT2D eigenvalue weighted by molar-refractivity contribution is 7.07. The molecule has 0 radical (unpaired) electrons. The van der Waals surface area contributed by atoms with Gasteiger partial charge in [0, 0.05) is 16.8 Å². The van der Waals surface area contributed by atoms with Gasteiger partial charge >= 0.3 is 11.9 Å². The van der Waals surface area contributed by atoms with E-state index in [1.807, 2.05) is 117 Å². The van der Waals surface area contributed by atoms with Gasteiger partial charge in [-0.05, 0) is 88.2 Å². The molecule has 1 aliphatic rings. The second kappa shape index (κ2) is 16.0. The summed E-state index contributed by atoms with van der Waals surface area (Å²) in [5.74, 6) is -0.354. The molecule has 0 spiro atoms. The van der Waals surface area contributed by atoms with Gasteiger partial charge in [-0.1, -0.05) is 90.2 Å². The maximum Gasteiger partial charge on any atom is 0.338 e. The van der Waals surface area contributed by atoms with Crippen molar-refractivity contribution >= 4 is 29.4 Å². The second-order valence-corrected chi connectivity index (χ2v) is 14.2. The predicted molar refractivity (Wildman–Crippen MR) is 215 cm³/mol. The summed E-state index contributed by atoms with van der Waals surface area (Å²) in [6.07, 6.45) is 1.76. The number of hydrogen-bond donors (Lipinski definition) is 0. The SMILES string of the molecule is CCOC(=O)C1=C(C)N=c2s/c(=C\c3cc(-c4ccccc4)n(-c4ccc(C(=O)OCC)cc4)c3-c3ccccc3)c(=O)n2[C@@H]1c1ccccc1OC(C)C. The Hall–Kier alpha value is -6.26. The third-order valence-corrected chi connectivity index (χ3v) is 10.1. The minimum atomic E-state index is -0.830. The highest BCUT2D eigenvalue weighted by Gasteiger charge is 2.35. The first kappa shape index (κ1) is 37.1. The van der Waals surface area contributed by atoms with Gasteiger partial charge in [0.2, 0.25) is 0 Å². The summed E-state index contributed by atoms with van der Waals surface area (Å²) in [4.78, 5) is 46.3. The van der Waals surface area contributed by atoms with Crippen LogP contribution in [0, 0.1) is 0 Å². The molecule has 278 valence electrons. The van der Waals surface area contributed by atoms with Crippen LogP contribution in [0.3, 0.4) is 0 Å². The highest BCUT2D eigenvalue weighted by Crippen LogP contribution is 2.38. The van der Waals surface area contributed by atoms with Crippen molar-refractivity contribution in [3.05, 3.63) is 163 Å². The number of para-hydroxylation sites is 1. The Morgan fingerprint density at radius 1 is 0.818 bits per heavy atom. The fourth-order valence-corrected chi connectivity index (χ4v) is 7.91. The molecule has 10 heteroatoms. The van der Waals surface area contributed by atoms with Gasteiger partial charge in [0.05, 0.1) is 52.1 Å². The van der Waals surface area contributed by atoms with Gasteiger partial charge in [0.1, 0.15) is 11.8 Å². The van der Waals surface area contributed by atoms with E-state index in [1.165, 1.54) is 11.3 Å². The van der Waals surface area contributed by atoms with Crippen LogP contribution in [0.2, 0.25) is 0 Å². The molecule has 2 aromatic heterocycles. The van der Waals surface area contributed by atoms with Crippen molar-refractivity contribution in [2.45, 2.75) is 46.8 Å². The Bertz CT molecular complexity index is 2580. The predicted octanol–water partition coefficient (Wildman–Crippen LogP) is 7.89. The van der Waals surface area contributed by atoms with Crippen LogP contribution in [-0.2, 0) is 14.3 Å². The maximum atomic E-state index is 14.8. The zero-order chi connectivity index (χ0) is 38.6. The first-order valence-corrected chi connectivity index (χ1v) is 19.1. The number of benzene rings is 4. The fourth-order valence-electron chi connectivity index (χ4n) is 6.88. The Balaban J connectivity index is 1.49. The summed E-state index contributed by atoms with van der Waals surface area (Å²) in [7, 11) is 0. The molecule has 0 bridgehead atoms. The third-order valence-electron chi connectivity index (χ3n) is 9.16. The van der Waals surface area contributed by atoms with E-state index in [0.29, 0.717) is 31.9 Å². The Kier molecular flexibility index (Phi) is 10.8. The largest absolute Gasteiger partial charge is 0.491 e. The quantitative estimate of drug-likeness (QED) is 0.125. The first-order valence-electron chi connectivity index (χ1n) is 18.3. The lowest BCUT2D eigenvalue weighted by molar-refractivity contribution is -0.139. The number of aromatic nitrogens is 2. The van der Waals surface area contributed by atoms with E-state index in [0.717, 1.165) is 33.8 Å². The molecule has 0 aliphatic carbocycles. The summed E-state index contributed by atoms with van der Waals surface area (Å²) in [6.45, 7) is 9.63. The monoisotopic (exact) mass is 751 g/mol. The maximum absolute atomic E-state index is 14.8. The van der Waals surface area contributed by atoms with Crippen molar-refractivity contribution < 1.29 is 23.8 Å². The number of nitrogens with zero attached hydrogens (tertiary/aromatic N) is 3. The van der Waals surface area contributed by atoms with Gasteiger partial charge in [-0.15, -0.1) is 0 Å². The van der Waals surface area contributed by atoms with Gasteiger partial charge in [0.15, 0.2) is 4.80 Å². The summed E-state index contributed by atoms with van der Waals surface area (Å²) in [6, 6.07) is 36.1. The van der Waals surface area contributed by atoms with E-state index in [2.05, 4.69) is 10.6 Å². The van der Waals surface area contributed by atoms with Crippen molar-refractivity contribution in [3.63, 3.8) is 0 Å². The molecule has 7 rings (SSSR count).